The Labute approximate surface area is 156 Å². The van der Waals surface area contributed by atoms with Gasteiger partial charge in [-0.05, 0) is 17.5 Å². The summed E-state index contributed by atoms with van der Waals surface area (Å²) in [6, 6.07) is 6.94. The fourth-order valence-corrected chi connectivity index (χ4v) is 7.28. The SMILES string of the molecule is COC1S(=O)C2(c3cccc(OC(C)=O)c3)OOC2(C(C)(C)C)C1(C)C. The van der Waals surface area contributed by atoms with Crippen LogP contribution in [-0.4, -0.2) is 28.3 Å². The molecule has 2 heterocycles. The average molecular weight is 382 g/mol. The van der Waals surface area contributed by atoms with Gasteiger partial charge >= 0.3 is 5.97 Å². The van der Waals surface area contributed by atoms with Crippen LogP contribution in [0.15, 0.2) is 24.3 Å². The third-order valence-electron chi connectivity index (χ3n) is 5.47. The van der Waals surface area contributed by atoms with Gasteiger partial charge in [-0.25, -0.2) is 9.78 Å². The normalized spacial score (nSPS) is 35.5. The summed E-state index contributed by atoms with van der Waals surface area (Å²) in [5.41, 5.74) is -1.84. The molecule has 6 nitrogen and oxygen atoms in total. The molecule has 0 aromatic heterocycles. The Morgan fingerprint density at radius 2 is 1.88 bits per heavy atom. The minimum Gasteiger partial charge on any atom is -0.427 e. The van der Waals surface area contributed by atoms with E-state index in [1.807, 2.05) is 40.7 Å². The third kappa shape index (κ3) is 2.14. The van der Waals surface area contributed by atoms with Crippen LogP contribution in [0.2, 0.25) is 0 Å². The van der Waals surface area contributed by atoms with Crippen LogP contribution in [0.5, 0.6) is 5.75 Å². The second-order valence-corrected chi connectivity index (χ2v) is 10.0. The van der Waals surface area contributed by atoms with E-state index >= 15 is 0 Å². The molecular formula is C19H26O6S. The van der Waals surface area contributed by atoms with Crippen LogP contribution in [0.3, 0.4) is 0 Å². The van der Waals surface area contributed by atoms with E-state index in [9.17, 15) is 9.00 Å². The van der Waals surface area contributed by atoms with Gasteiger partial charge in [0.1, 0.15) is 11.2 Å². The topological polar surface area (TPSA) is 71.1 Å². The van der Waals surface area contributed by atoms with Crippen LogP contribution in [0.25, 0.3) is 0 Å². The van der Waals surface area contributed by atoms with Crippen molar-refractivity contribution < 1.29 is 28.3 Å². The zero-order valence-electron chi connectivity index (χ0n) is 16.2. The van der Waals surface area contributed by atoms with E-state index in [2.05, 4.69) is 0 Å². The van der Waals surface area contributed by atoms with E-state index in [1.54, 1.807) is 25.3 Å². The second kappa shape index (κ2) is 5.86. The first-order valence-electron chi connectivity index (χ1n) is 8.55. The maximum atomic E-state index is 13.6. The summed E-state index contributed by atoms with van der Waals surface area (Å²) in [6.45, 7) is 11.4. The first kappa shape index (κ1) is 19.5. The van der Waals surface area contributed by atoms with E-state index < -0.39 is 43.6 Å². The molecule has 2 fully saturated rings. The number of hydrogen-bond acceptors (Lipinski definition) is 6. The smallest absolute Gasteiger partial charge is 0.308 e. The fraction of sp³-hybridized carbons (Fsp3) is 0.632. The van der Waals surface area contributed by atoms with Gasteiger partial charge in [0.2, 0.25) is 4.93 Å². The Morgan fingerprint density at radius 1 is 1.23 bits per heavy atom. The van der Waals surface area contributed by atoms with Gasteiger partial charge in [0.05, 0.1) is 10.8 Å². The van der Waals surface area contributed by atoms with Crippen LogP contribution in [-0.2, 0) is 35.0 Å². The molecule has 0 aliphatic carbocycles. The Morgan fingerprint density at radius 3 is 2.35 bits per heavy atom. The highest BCUT2D eigenvalue weighted by molar-refractivity contribution is 7.86. The van der Waals surface area contributed by atoms with Crippen molar-refractivity contribution in [3.8, 4) is 5.75 Å². The number of methoxy groups -OCH3 is 1. The molecule has 2 aliphatic rings. The van der Waals surface area contributed by atoms with Crippen molar-refractivity contribution in [3.05, 3.63) is 29.8 Å². The molecule has 3 rings (SSSR count). The molecule has 4 atom stereocenters. The minimum atomic E-state index is -1.54. The monoisotopic (exact) mass is 382 g/mol. The van der Waals surface area contributed by atoms with E-state index in [0.717, 1.165) is 0 Å². The van der Waals surface area contributed by atoms with Gasteiger partial charge in [-0.2, -0.15) is 0 Å². The first-order valence-corrected chi connectivity index (χ1v) is 9.76. The summed E-state index contributed by atoms with van der Waals surface area (Å²) in [4.78, 5) is 21.6. The Kier molecular flexibility index (Phi) is 4.39. The fourth-order valence-electron chi connectivity index (χ4n) is 4.76. The van der Waals surface area contributed by atoms with Crippen molar-refractivity contribution >= 4 is 16.8 Å². The molecule has 1 aromatic carbocycles. The summed E-state index contributed by atoms with van der Waals surface area (Å²) in [5.74, 6) is -0.0477. The standard InChI is InChI=1S/C19H26O6S/c1-12(20)23-14-10-8-9-13(11-14)18-19(25-24-18,16(2,3)4)17(5,6)15(22-7)26(18)21/h8-11,15H,1-7H3. The maximum Gasteiger partial charge on any atom is 0.308 e. The summed E-state index contributed by atoms with van der Waals surface area (Å²) in [6.07, 6.45) is 0. The number of esters is 1. The van der Waals surface area contributed by atoms with Crippen LogP contribution in [0, 0.1) is 10.8 Å². The number of rotatable bonds is 3. The number of hydrogen-bond donors (Lipinski definition) is 0. The third-order valence-corrected chi connectivity index (χ3v) is 7.80. The summed E-state index contributed by atoms with van der Waals surface area (Å²) >= 11 is 0. The lowest BCUT2D eigenvalue weighted by Crippen LogP contribution is -2.73. The number of ether oxygens (including phenoxy) is 2. The largest absolute Gasteiger partial charge is 0.427 e. The lowest BCUT2D eigenvalue weighted by atomic mass is 9.57. The highest BCUT2D eigenvalue weighted by atomic mass is 32.2. The van der Waals surface area contributed by atoms with Crippen LogP contribution >= 0.6 is 0 Å². The lowest BCUT2D eigenvalue weighted by molar-refractivity contribution is -0.569. The molecule has 0 spiro atoms. The Hall–Kier alpha value is -1.28. The summed E-state index contributed by atoms with van der Waals surface area (Å²) in [5, 5.41) is 0. The molecule has 2 aliphatic heterocycles. The molecule has 26 heavy (non-hydrogen) atoms. The van der Waals surface area contributed by atoms with E-state index in [0.29, 0.717) is 11.3 Å². The molecule has 4 unspecified atom stereocenters. The number of carbonyl (C=O) groups is 1. The second-order valence-electron chi connectivity index (χ2n) is 8.42. The van der Waals surface area contributed by atoms with Gasteiger partial charge < -0.3 is 9.47 Å². The van der Waals surface area contributed by atoms with Gasteiger partial charge in [-0.1, -0.05) is 46.8 Å². The number of carbonyl (C=O) groups excluding carboxylic acids is 1. The van der Waals surface area contributed by atoms with Gasteiger partial charge in [0.25, 0.3) is 0 Å². The van der Waals surface area contributed by atoms with Crippen LogP contribution in [0.1, 0.15) is 47.1 Å². The molecular weight excluding hydrogens is 356 g/mol. The highest BCUT2D eigenvalue weighted by Crippen LogP contribution is 2.72. The van der Waals surface area contributed by atoms with E-state index in [4.69, 9.17) is 19.2 Å². The van der Waals surface area contributed by atoms with Crippen molar-refractivity contribution in [1.82, 2.24) is 0 Å². The van der Waals surface area contributed by atoms with Gasteiger partial charge in [0.15, 0.2) is 5.60 Å². The van der Waals surface area contributed by atoms with Crippen molar-refractivity contribution in [3.63, 3.8) is 0 Å². The summed E-state index contributed by atoms with van der Waals surface area (Å²) in [7, 11) is 0.00560. The molecule has 0 bridgehead atoms. The van der Waals surface area contributed by atoms with E-state index in [-0.39, 0.29) is 0 Å². The zero-order chi connectivity index (χ0) is 19.5. The Bertz CT molecular complexity index is 768. The quantitative estimate of drug-likeness (QED) is 0.454. The van der Waals surface area contributed by atoms with Crippen LogP contribution < -0.4 is 4.74 Å². The van der Waals surface area contributed by atoms with Crippen molar-refractivity contribution in [2.45, 2.75) is 57.5 Å². The minimum absolute atomic E-state index is 0.373. The molecule has 0 amide bonds. The zero-order valence-corrected chi connectivity index (χ0v) is 17.1. The van der Waals surface area contributed by atoms with E-state index in [1.165, 1.54) is 6.92 Å². The average Bonchev–Trinajstić information content (AvgIpc) is 2.54. The van der Waals surface area contributed by atoms with Gasteiger partial charge in [-0.15, -0.1) is 0 Å². The first-order chi connectivity index (χ1) is 12.0. The summed E-state index contributed by atoms with van der Waals surface area (Å²) < 4.78 is 24.4. The van der Waals surface area contributed by atoms with Crippen molar-refractivity contribution in [1.29, 1.82) is 0 Å². The molecule has 1 aromatic rings. The van der Waals surface area contributed by atoms with Gasteiger partial charge in [0, 0.05) is 25.0 Å². The maximum absolute atomic E-state index is 13.6. The van der Waals surface area contributed by atoms with Crippen LogP contribution in [0.4, 0.5) is 0 Å². The lowest BCUT2D eigenvalue weighted by Gasteiger charge is -2.61. The number of benzene rings is 1. The highest BCUT2D eigenvalue weighted by Gasteiger charge is 2.86. The number of fused-ring (bicyclic) bond motifs is 1. The molecule has 2 saturated heterocycles. The predicted molar refractivity (Wildman–Crippen MR) is 96.5 cm³/mol. The van der Waals surface area contributed by atoms with Gasteiger partial charge in [-0.3, -0.25) is 9.00 Å². The molecule has 7 heteroatoms. The molecule has 144 valence electrons. The molecule has 0 saturated carbocycles. The molecule has 0 radical (unpaired) electrons. The van der Waals surface area contributed by atoms with Crippen molar-refractivity contribution in [2.75, 3.05) is 7.11 Å². The van der Waals surface area contributed by atoms with Crippen molar-refractivity contribution in [2.24, 2.45) is 10.8 Å². The predicted octanol–water partition coefficient (Wildman–Crippen LogP) is 3.27. The molecule has 0 N–H and O–H groups in total. The Balaban J connectivity index is 2.24.